The van der Waals surface area contributed by atoms with Gasteiger partial charge in [0.2, 0.25) is 0 Å². The van der Waals surface area contributed by atoms with Crippen molar-refractivity contribution in [2.75, 3.05) is 11.9 Å². The second kappa shape index (κ2) is 8.57. The minimum absolute atomic E-state index is 0.232. The largest absolute Gasteiger partial charge is 0.365 e. The topological polar surface area (TPSA) is 75.4 Å². The number of fused-ring (bicyclic) bond motifs is 2. The van der Waals surface area contributed by atoms with Gasteiger partial charge in [-0.25, -0.2) is 0 Å². The monoisotopic (exact) mass is 441 g/mol. The summed E-state index contributed by atoms with van der Waals surface area (Å²) in [6.07, 6.45) is 0.737. The van der Waals surface area contributed by atoms with Gasteiger partial charge in [0.1, 0.15) is 5.00 Å². The number of hydrogen-bond donors (Lipinski definition) is 2. The van der Waals surface area contributed by atoms with Gasteiger partial charge in [-0.1, -0.05) is 66.7 Å². The number of carbonyl (C=O) groups excluding carboxylic acids is 2. The molecular formula is C26H23N3O2S. The number of primary amides is 1. The van der Waals surface area contributed by atoms with Crippen LogP contribution in [0.2, 0.25) is 0 Å². The predicted molar refractivity (Wildman–Crippen MR) is 129 cm³/mol. The molecule has 1 aliphatic heterocycles. The summed E-state index contributed by atoms with van der Waals surface area (Å²) in [5.74, 6) is -0.726. The summed E-state index contributed by atoms with van der Waals surface area (Å²) >= 11 is 1.46. The summed E-state index contributed by atoms with van der Waals surface area (Å²) in [5.41, 5.74) is 9.01. The molecule has 6 heteroatoms. The Hall–Kier alpha value is -3.48. The normalized spacial score (nSPS) is 13.6. The van der Waals surface area contributed by atoms with E-state index in [1.165, 1.54) is 16.9 Å². The van der Waals surface area contributed by atoms with Crippen LogP contribution < -0.4 is 11.1 Å². The highest BCUT2D eigenvalue weighted by atomic mass is 32.1. The van der Waals surface area contributed by atoms with Crippen molar-refractivity contribution < 1.29 is 9.59 Å². The Morgan fingerprint density at radius 1 is 0.969 bits per heavy atom. The summed E-state index contributed by atoms with van der Waals surface area (Å²) in [6, 6.07) is 23.8. The van der Waals surface area contributed by atoms with Crippen LogP contribution in [0.25, 0.3) is 10.8 Å². The second-order valence-corrected chi connectivity index (χ2v) is 9.10. The highest BCUT2D eigenvalue weighted by molar-refractivity contribution is 7.17. The Morgan fingerprint density at radius 2 is 1.72 bits per heavy atom. The minimum Gasteiger partial charge on any atom is -0.365 e. The van der Waals surface area contributed by atoms with Crippen molar-refractivity contribution >= 4 is 38.9 Å². The van der Waals surface area contributed by atoms with Gasteiger partial charge in [0.15, 0.2) is 0 Å². The quantitative estimate of drug-likeness (QED) is 0.467. The lowest BCUT2D eigenvalue weighted by atomic mass is 10.0. The van der Waals surface area contributed by atoms with Crippen LogP contribution in [0.1, 0.15) is 36.7 Å². The summed E-state index contributed by atoms with van der Waals surface area (Å²) in [5, 5.41) is 5.40. The van der Waals surface area contributed by atoms with Gasteiger partial charge >= 0.3 is 0 Å². The molecule has 0 fully saturated rings. The van der Waals surface area contributed by atoms with Gasteiger partial charge in [-0.3, -0.25) is 14.5 Å². The molecule has 0 saturated carbocycles. The Balaban J connectivity index is 1.43. The zero-order valence-corrected chi connectivity index (χ0v) is 18.3. The van der Waals surface area contributed by atoms with Crippen molar-refractivity contribution in [2.24, 2.45) is 5.73 Å². The molecule has 32 heavy (non-hydrogen) atoms. The molecule has 0 spiro atoms. The maximum atomic E-state index is 13.2. The van der Waals surface area contributed by atoms with Crippen LogP contribution in [0.15, 0.2) is 72.8 Å². The molecule has 3 N–H and O–H groups in total. The fourth-order valence-electron chi connectivity index (χ4n) is 4.38. The van der Waals surface area contributed by atoms with E-state index in [0.29, 0.717) is 16.1 Å². The van der Waals surface area contributed by atoms with Crippen molar-refractivity contribution in [3.63, 3.8) is 0 Å². The van der Waals surface area contributed by atoms with E-state index in [1.54, 1.807) is 6.07 Å². The molecular weight excluding hydrogens is 418 g/mol. The van der Waals surface area contributed by atoms with E-state index in [-0.39, 0.29) is 5.91 Å². The highest BCUT2D eigenvalue weighted by Crippen LogP contribution is 2.37. The van der Waals surface area contributed by atoms with Crippen molar-refractivity contribution in [3.8, 4) is 0 Å². The van der Waals surface area contributed by atoms with Crippen molar-refractivity contribution in [2.45, 2.75) is 19.5 Å². The maximum Gasteiger partial charge on any atom is 0.256 e. The summed E-state index contributed by atoms with van der Waals surface area (Å²) in [6.45, 7) is 2.43. The van der Waals surface area contributed by atoms with Gasteiger partial charge in [-0.05, 0) is 34.4 Å². The fraction of sp³-hybridized carbons (Fsp3) is 0.154. The predicted octanol–water partition coefficient (Wildman–Crippen LogP) is 4.81. The summed E-state index contributed by atoms with van der Waals surface area (Å²) in [7, 11) is 0. The molecule has 0 saturated heterocycles. The lowest BCUT2D eigenvalue weighted by Crippen LogP contribution is -2.30. The van der Waals surface area contributed by atoms with Crippen LogP contribution in [-0.4, -0.2) is 23.3 Å². The van der Waals surface area contributed by atoms with Crippen LogP contribution in [-0.2, 0) is 19.5 Å². The summed E-state index contributed by atoms with van der Waals surface area (Å²) in [4.78, 5) is 28.9. The van der Waals surface area contributed by atoms with Gasteiger partial charge in [-0.2, -0.15) is 0 Å². The minimum atomic E-state index is -0.493. The van der Waals surface area contributed by atoms with E-state index < -0.39 is 5.91 Å². The number of hydrogen-bond acceptors (Lipinski definition) is 4. The molecule has 5 nitrogen and oxygen atoms in total. The first-order chi connectivity index (χ1) is 15.6. The average molecular weight is 442 g/mol. The first kappa shape index (κ1) is 20.4. The molecule has 0 radical (unpaired) electrons. The lowest BCUT2D eigenvalue weighted by Gasteiger charge is -2.27. The highest BCUT2D eigenvalue weighted by Gasteiger charge is 2.28. The third-order valence-electron chi connectivity index (χ3n) is 5.89. The number of anilines is 1. The molecule has 1 aromatic heterocycles. The van der Waals surface area contributed by atoms with E-state index in [2.05, 4.69) is 22.3 Å². The van der Waals surface area contributed by atoms with E-state index in [1.807, 2.05) is 54.6 Å². The van der Waals surface area contributed by atoms with E-state index in [0.717, 1.165) is 47.3 Å². The van der Waals surface area contributed by atoms with Crippen LogP contribution in [0, 0.1) is 0 Å². The molecule has 1 aliphatic rings. The maximum absolute atomic E-state index is 13.2. The molecule has 160 valence electrons. The molecule has 2 amide bonds. The van der Waals surface area contributed by atoms with E-state index in [9.17, 15) is 9.59 Å². The van der Waals surface area contributed by atoms with Crippen LogP contribution in [0.3, 0.4) is 0 Å². The van der Waals surface area contributed by atoms with E-state index >= 15 is 0 Å². The third kappa shape index (κ3) is 3.90. The van der Waals surface area contributed by atoms with Gasteiger partial charge in [-0.15, -0.1) is 11.3 Å². The van der Waals surface area contributed by atoms with Gasteiger partial charge in [0.25, 0.3) is 11.8 Å². The third-order valence-corrected chi connectivity index (χ3v) is 7.02. The number of nitrogens with zero attached hydrogens (tertiary/aromatic N) is 1. The molecule has 0 atom stereocenters. The standard InChI is InChI=1S/C26H23N3O2S/c27-24(30)23-21-13-14-29(15-17-7-2-1-3-8-17)16-22(21)32-26(23)28-25(31)20-12-6-10-18-9-4-5-11-19(18)20/h1-12H,13-16H2,(H2,27,30)(H,28,31). The zero-order chi connectivity index (χ0) is 22.1. The molecule has 0 bridgehead atoms. The molecule has 0 aliphatic carbocycles. The Bertz CT molecular complexity index is 1310. The van der Waals surface area contributed by atoms with E-state index in [4.69, 9.17) is 5.73 Å². The molecule has 2 heterocycles. The Morgan fingerprint density at radius 3 is 2.53 bits per heavy atom. The SMILES string of the molecule is NC(=O)c1c(NC(=O)c2cccc3ccccc23)sc2c1CCN(Cc1ccccc1)C2. The van der Waals surface area contributed by atoms with Gasteiger partial charge in [0.05, 0.1) is 5.56 Å². The van der Waals surface area contributed by atoms with Gasteiger partial charge < -0.3 is 11.1 Å². The zero-order valence-electron chi connectivity index (χ0n) is 17.5. The number of rotatable bonds is 5. The van der Waals surface area contributed by atoms with Crippen LogP contribution >= 0.6 is 11.3 Å². The first-order valence-corrected chi connectivity index (χ1v) is 11.4. The Kier molecular flexibility index (Phi) is 5.47. The smallest absolute Gasteiger partial charge is 0.256 e. The number of nitrogens with two attached hydrogens (primary N) is 1. The number of thiophene rings is 1. The molecule has 4 aromatic rings. The summed E-state index contributed by atoms with van der Waals surface area (Å²) < 4.78 is 0. The number of nitrogens with one attached hydrogen (secondary N) is 1. The fourth-order valence-corrected chi connectivity index (χ4v) is 5.67. The average Bonchev–Trinajstić information content (AvgIpc) is 3.16. The Labute approximate surface area is 190 Å². The van der Waals surface area contributed by atoms with Crippen molar-refractivity contribution in [3.05, 3.63) is 99.9 Å². The number of amides is 2. The van der Waals surface area contributed by atoms with Crippen LogP contribution in [0.4, 0.5) is 5.00 Å². The second-order valence-electron chi connectivity index (χ2n) is 8.00. The lowest BCUT2D eigenvalue weighted by molar-refractivity contribution is 0.0999. The molecule has 3 aromatic carbocycles. The number of carbonyl (C=O) groups is 2. The number of benzene rings is 3. The van der Waals surface area contributed by atoms with Gasteiger partial charge in [0, 0.05) is 30.1 Å². The molecule has 0 unspecified atom stereocenters. The van der Waals surface area contributed by atoms with Crippen molar-refractivity contribution in [1.29, 1.82) is 0 Å². The first-order valence-electron chi connectivity index (χ1n) is 10.6. The molecule has 5 rings (SSSR count). The van der Waals surface area contributed by atoms with Crippen molar-refractivity contribution in [1.82, 2.24) is 4.90 Å². The van der Waals surface area contributed by atoms with Crippen LogP contribution in [0.5, 0.6) is 0 Å².